The fourth-order valence-electron chi connectivity index (χ4n) is 6.76. The number of hydrogen-bond donors (Lipinski definition) is 1. The normalized spacial score (nSPS) is 36.5. The van der Waals surface area contributed by atoms with Crippen LogP contribution in [0.25, 0.3) is 0 Å². The molecular weight excluding hydrogens is 308 g/mol. The van der Waals surface area contributed by atoms with Crippen LogP contribution in [-0.4, -0.2) is 25.0 Å². The van der Waals surface area contributed by atoms with Gasteiger partial charge in [0, 0.05) is 18.8 Å². The number of anilines is 1. The largest absolute Gasteiger partial charge is 0.310 e. The van der Waals surface area contributed by atoms with Crippen LogP contribution >= 0.6 is 0 Å². The average Bonchev–Trinajstić information content (AvgIpc) is 3.02. The summed E-state index contributed by atoms with van der Waals surface area (Å²) in [7, 11) is 0. The Labute approximate surface area is 151 Å². The van der Waals surface area contributed by atoms with Crippen molar-refractivity contribution in [2.75, 3.05) is 18.0 Å². The molecule has 6 rings (SSSR count). The number of para-hydroxylation sites is 1. The number of rotatable bonds is 4. The Balaban J connectivity index is 1.24. The number of benzene rings is 1. The zero-order valence-corrected chi connectivity index (χ0v) is 15.3. The summed E-state index contributed by atoms with van der Waals surface area (Å²) >= 11 is 0. The first kappa shape index (κ1) is 15.9. The number of amides is 1. The molecule has 1 amide bonds. The minimum atomic E-state index is -0.0841. The van der Waals surface area contributed by atoms with E-state index >= 15 is 0 Å². The molecule has 4 aliphatic carbocycles. The molecule has 0 unspecified atom stereocenters. The van der Waals surface area contributed by atoms with E-state index in [-0.39, 0.29) is 11.9 Å². The van der Waals surface area contributed by atoms with Crippen LogP contribution in [0.2, 0.25) is 0 Å². The maximum atomic E-state index is 13.0. The quantitative estimate of drug-likeness (QED) is 0.906. The van der Waals surface area contributed by atoms with Crippen LogP contribution in [0, 0.1) is 23.2 Å². The predicted molar refractivity (Wildman–Crippen MR) is 101 cm³/mol. The SMILES string of the molecule is C[C@@H](NCC12CC3CC(CC(C3)C1)C2)C(=O)N1CCc2ccccc21. The molecule has 0 saturated heterocycles. The molecule has 3 heteroatoms. The number of nitrogens with zero attached hydrogens (tertiary/aromatic N) is 1. The molecular formula is C22H30N2O. The lowest BCUT2D eigenvalue weighted by atomic mass is 9.49. The van der Waals surface area contributed by atoms with E-state index in [1.807, 2.05) is 11.0 Å². The maximum Gasteiger partial charge on any atom is 0.243 e. The van der Waals surface area contributed by atoms with Crippen LogP contribution in [0.4, 0.5) is 5.69 Å². The van der Waals surface area contributed by atoms with Gasteiger partial charge in [-0.1, -0.05) is 18.2 Å². The van der Waals surface area contributed by atoms with Crippen LogP contribution in [0.5, 0.6) is 0 Å². The number of carbonyl (C=O) groups excluding carboxylic acids is 1. The molecule has 0 aromatic heterocycles. The van der Waals surface area contributed by atoms with Gasteiger partial charge in [-0.3, -0.25) is 4.79 Å². The van der Waals surface area contributed by atoms with Crippen LogP contribution in [-0.2, 0) is 11.2 Å². The summed E-state index contributed by atoms with van der Waals surface area (Å²) in [5.41, 5.74) is 2.92. The molecule has 4 saturated carbocycles. The zero-order chi connectivity index (χ0) is 17.0. The van der Waals surface area contributed by atoms with Gasteiger partial charge in [0.25, 0.3) is 0 Å². The molecule has 1 aromatic rings. The summed E-state index contributed by atoms with van der Waals surface area (Å²) in [6, 6.07) is 8.26. The van der Waals surface area contributed by atoms with E-state index in [1.165, 1.54) is 44.1 Å². The monoisotopic (exact) mass is 338 g/mol. The highest BCUT2D eigenvalue weighted by atomic mass is 16.2. The van der Waals surface area contributed by atoms with Crippen molar-refractivity contribution in [3.8, 4) is 0 Å². The molecule has 1 aromatic carbocycles. The minimum absolute atomic E-state index is 0.0841. The van der Waals surface area contributed by atoms with Crippen molar-refractivity contribution in [2.24, 2.45) is 23.2 Å². The Morgan fingerprint density at radius 3 is 2.48 bits per heavy atom. The molecule has 3 nitrogen and oxygen atoms in total. The third kappa shape index (κ3) is 2.71. The van der Waals surface area contributed by atoms with E-state index in [0.717, 1.165) is 43.0 Å². The van der Waals surface area contributed by atoms with E-state index in [2.05, 4.69) is 30.4 Å². The topological polar surface area (TPSA) is 32.3 Å². The van der Waals surface area contributed by atoms with E-state index in [1.54, 1.807) is 0 Å². The molecule has 0 spiro atoms. The molecule has 1 aliphatic heterocycles. The molecule has 5 aliphatic rings. The van der Waals surface area contributed by atoms with E-state index in [4.69, 9.17) is 0 Å². The van der Waals surface area contributed by atoms with Crippen molar-refractivity contribution in [1.29, 1.82) is 0 Å². The highest BCUT2D eigenvalue weighted by Gasteiger charge is 2.50. The van der Waals surface area contributed by atoms with Gasteiger partial charge in [-0.05, 0) is 86.7 Å². The highest BCUT2D eigenvalue weighted by molar-refractivity contribution is 5.98. The number of fused-ring (bicyclic) bond motifs is 1. The van der Waals surface area contributed by atoms with Gasteiger partial charge in [0.2, 0.25) is 5.91 Å². The van der Waals surface area contributed by atoms with Gasteiger partial charge < -0.3 is 10.2 Å². The molecule has 134 valence electrons. The van der Waals surface area contributed by atoms with Gasteiger partial charge in [0.1, 0.15) is 0 Å². The van der Waals surface area contributed by atoms with E-state index < -0.39 is 0 Å². The first-order valence-electron chi connectivity index (χ1n) is 10.2. The molecule has 1 atom stereocenters. The summed E-state index contributed by atoms with van der Waals surface area (Å²) in [4.78, 5) is 15.0. The average molecular weight is 338 g/mol. The Morgan fingerprint density at radius 2 is 1.80 bits per heavy atom. The molecule has 4 fully saturated rings. The Morgan fingerprint density at radius 1 is 1.16 bits per heavy atom. The number of hydrogen-bond acceptors (Lipinski definition) is 2. The first-order chi connectivity index (χ1) is 12.1. The fraction of sp³-hybridized carbons (Fsp3) is 0.682. The van der Waals surface area contributed by atoms with Crippen molar-refractivity contribution in [3.05, 3.63) is 29.8 Å². The van der Waals surface area contributed by atoms with Crippen LogP contribution in [0.1, 0.15) is 51.0 Å². The molecule has 0 radical (unpaired) electrons. The Hall–Kier alpha value is -1.35. The lowest BCUT2D eigenvalue weighted by Gasteiger charge is -2.57. The summed E-state index contributed by atoms with van der Waals surface area (Å²) < 4.78 is 0. The smallest absolute Gasteiger partial charge is 0.243 e. The Kier molecular flexibility index (Phi) is 3.70. The van der Waals surface area contributed by atoms with Gasteiger partial charge in [-0.25, -0.2) is 0 Å². The highest BCUT2D eigenvalue weighted by Crippen LogP contribution is 2.59. The van der Waals surface area contributed by atoms with Gasteiger partial charge in [-0.15, -0.1) is 0 Å². The van der Waals surface area contributed by atoms with Gasteiger partial charge in [0.05, 0.1) is 6.04 Å². The first-order valence-corrected chi connectivity index (χ1v) is 10.2. The van der Waals surface area contributed by atoms with Crippen molar-refractivity contribution in [1.82, 2.24) is 5.32 Å². The second-order valence-electron chi connectivity index (χ2n) is 9.39. The fourth-order valence-corrected chi connectivity index (χ4v) is 6.76. The van der Waals surface area contributed by atoms with Gasteiger partial charge in [0.15, 0.2) is 0 Å². The van der Waals surface area contributed by atoms with Crippen LogP contribution in [0.15, 0.2) is 24.3 Å². The van der Waals surface area contributed by atoms with Crippen LogP contribution in [0.3, 0.4) is 0 Å². The van der Waals surface area contributed by atoms with Crippen LogP contribution < -0.4 is 10.2 Å². The molecule has 4 bridgehead atoms. The van der Waals surface area contributed by atoms with E-state index in [9.17, 15) is 4.79 Å². The Bertz CT molecular complexity index is 647. The van der Waals surface area contributed by atoms with Crippen molar-refractivity contribution in [3.63, 3.8) is 0 Å². The molecule has 1 N–H and O–H groups in total. The number of nitrogens with one attached hydrogen (secondary N) is 1. The molecule has 25 heavy (non-hydrogen) atoms. The second-order valence-corrected chi connectivity index (χ2v) is 9.39. The molecule has 1 heterocycles. The minimum Gasteiger partial charge on any atom is -0.310 e. The van der Waals surface area contributed by atoms with E-state index in [0.29, 0.717) is 5.41 Å². The number of carbonyl (C=O) groups is 1. The lowest BCUT2D eigenvalue weighted by molar-refractivity contribution is -0.120. The summed E-state index contributed by atoms with van der Waals surface area (Å²) in [5, 5.41) is 3.66. The predicted octanol–water partition coefficient (Wildman–Crippen LogP) is 3.77. The lowest BCUT2D eigenvalue weighted by Crippen LogP contribution is -2.53. The van der Waals surface area contributed by atoms with Gasteiger partial charge >= 0.3 is 0 Å². The van der Waals surface area contributed by atoms with Crippen molar-refractivity contribution < 1.29 is 4.79 Å². The second kappa shape index (κ2) is 5.84. The van der Waals surface area contributed by atoms with Crippen molar-refractivity contribution >= 4 is 11.6 Å². The van der Waals surface area contributed by atoms with Crippen molar-refractivity contribution in [2.45, 2.75) is 57.9 Å². The third-order valence-corrected chi connectivity index (χ3v) is 7.47. The van der Waals surface area contributed by atoms with Gasteiger partial charge in [-0.2, -0.15) is 0 Å². The zero-order valence-electron chi connectivity index (χ0n) is 15.3. The summed E-state index contributed by atoms with van der Waals surface area (Å²) in [5.74, 6) is 3.17. The maximum absolute atomic E-state index is 13.0. The standard InChI is InChI=1S/C22H30N2O/c1-15(21(25)24-7-6-19-4-2-3-5-20(19)24)23-14-22-11-16-8-17(12-22)10-18(9-16)13-22/h2-5,15-18,23H,6-14H2,1H3/t15-,16?,17?,18?,22?/m1/s1. The summed E-state index contributed by atoms with van der Waals surface area (Å²) in [6.45, 7) is 3.93. The third-order valence-electron chi connectivity index (χ3n) is 7.47. The summed E-state index contributed by atoms with van der Waals surface area (Å²) in [6.07, 6.45) is 9.65.